The lowest BCUT2D eigenvalue weighted by Gasteiger charge is -2.15. The number of hydrogen-bond acceptors (Lipinski definition) is 8. The van der Waals surface area contributed by atoms with Gasteiger partial charge in [-0.2, -0.15) is 5.26 Å². The van der Waals surface area contributed by atoms with Crippen LogP contribution in [0.2, 0.25) is 0 Å². The predicted molar refractivity (Wildman–Crippen MR) is 108 cm³/mol. The average Bonchev–Trinajstić information content (AvgIpc) is 3.26. The van der Waals surface area contributed by atoms with Gasteiger partial charge < -0.3 is 20.5 Å². The Morgan fingerprint density at radius 3 is 3.00 bits per heavy atom. The summed E-state index contributed by atoms with van der Waals surface area (Å²) >= 11 is 0. The van der Waals surface area contributed by atoms with E-state index in [4.69, 9.17) is 10.00 Å². The normalized spacial score (nSPS) is 15.6. The first-order valence-electron chi connectivity index (χ1n) is 9.38. The number of phenolic OH excluding ortho intramolecular Hbond substituents is 1. The molecule has 0 unspecified atom stereocenters. The lowest BCUT2D eigenvalue weighted by atomic mass is 10.2. The van der Waals surface area contributed by atoms with Gasteiger partial charge in [0, 0.05) is 36.6 Å². The van der Waals surface area contributed by atoms with Crippen molar-refractivity contribution in [2.75, 3.05) is 18.4 Å². The minimum absolute atomic E-state index is 0.0993. The van der Waals surface area contributed by atoms with Gasteiger partial charge >= 0.3 is 0 Å². The van der Waals surface area contributed by atoms with Crippen LogP contribution in [0, 0.1) is 11.3 Å². The summed E-state index contributed by atoms with van der Waals surface area (Å²) < 4.78 is 5.92. The largest absolute Gasteiger partial charge is 0.508 e. The number of pyridine rings is 1. The molecule has 146 valence electrons. The summed E-state index contributed by atoms with van der Waals surface area (Å²) in [5.74, 6) is 1.34. The van der Waals surface area contributed by atoms with Gasteiger partial charge in [0.25, 0.3) is 5.88 Å². The second-order valence-electron chi connectivity index (χ2n) is 6.76. The molecule has 8 nitrogen and oxygen atoms in total. The molecule has 8 heteroatoms. The zero-order valence-corrected chi connectivity index (χ0v) is 15.7. The Labute approximate surface area is 168 Å². The lowest BCUT2D eigenvalue weighted by molar-refractivity contribution is 0.445. The Hall–Kier alpha value is -3.70. The first kappa shape index (κ1) is 18.7. The molecule has 3 aromatic rings. The number of benzene rings is 1. The summed E-state index contributed by atoms with van der Waals surface area (Å²) in [7, 11) is 0. The summed E-state index contributed by atoms with van der Waals surface area (Å²) in [4.78, 5) is 13.2. The van der Waals surface area contributed by atoms with Gasteiger partial charge in [-0.05, 0) is 37.6 Å². The number of ether oxygens (including phenoxy) is 1. The molecule has 1 fully saturated rings. The number of anilines is 1. The van der Waals surface area contributed by atoms with Crippen LogP contribution in [0.4, 0.5) is 5.82 Å². The molecule has 1 aliphatic heterocycles. The van der Waals surface area contributed by atoms with Crippen LogP contribution >= 0.6 is 0 Å². The van der Waals surface area contributed by atoms with Crippen molar-refractivity contribution >= 4 is 5.82 Å². The number of aromatic nitrogens is 3. The molecule has 0 saturated carbocycles. The highest BCUT2D eigenvalue weighted by molar-refractivity contribution is 5.62. The van der Waals surface area contributed by atoms with Crippen molar-refractivity contribution in [2.24, 2.45) is 0 Å². The van der Waals surface area contributed by atoms with Crippen LogP contribution in [0.15, 0.2) is 48.9 Å². The number of nitriles is 1. The maximum absolute atomic E-state index is 9.72. The molecule has 3 N–H and O–H groups in total. The Balaban J connectivity index is 1.65. The lowest BCUT2D eigenvalue weighted by Crippen LogP contribution is -2.29. The third-order valence-electron chi connectivity index (χ3n) is 4.61. The van der Waals surface area contributed by atoms with Gasteiger partial charge in [0.15, 0.2) is 5.82 Å². The fraction of sp³-hybridized carbons (Fsp3) is 0.238. The highest BCUT2D eigenvalue weighted by Gasteiger charge is 2.17. The highest BCUT2D eigenvalue weighted by Crippen LogP contribution is 2.30. The number of nitrogens with zero attached hydrogens (tertiary/aromatic N) is 4. The van der Waals surface area contributed by atoms with Gasteiger partial charge in [-0.15, -0.1) is 0 Å². The number of hydrogen-bond donors (Lipinski definition) is 3. The molecule has 0 amide bonds. The van der Waals surface area contributed by atoms with Crippen molar-refractivity contribution in [1.82, 2.24) is 20.3 Å². The molecular weight excluding hydrogens is 368 g/mol. The Morgan fingerprint density at radius 2 is 2.21 bits per heavy atom. The molecule has 1 aromatic carbocycles. The van der Waals surface area contributed by atoms with Crippen molar-refractivity contribution in [3.8, 4) is 34.7 Å². The van der Waals surface area contributed by atoms with E-state index >= 15 is 0 Å². The highest BCUT2D eigenvalue weighted by atomic mass is 16.5. The molecular formula is C21H20N6O2. The topological polar surface area (TPSA) is 116 Å². The molecule has 1 aliphatic rings. The fourth-order valence-electron chi connectivity index (χ4n) is 3.15. The standard InChI is InChI=1S/C21H20N6O2/c22-9-14-7-15(11-23-10-14)19-13-26-20(25-12-16-3-2-6-24-16)21(27-19)29-18-5-1-4-17(28)8-18/h1,4-5,7-8,10-11,13,16,24,28H,2-3,6,12H2,(H,25,26)/t16-/m0/s1. The predicted octanol–water partition coefficient (Wildman–Crippen LogP) is 3.07. The first-order chi connectivity index (χ1) is 14.2. The van der Waals surface area contributed by atoms with Gasteiger partial charge in [0.1, 0.15) is 17.6 Å². The molecule has 0 aliphatic carbocycles. The summed E-state index contributed by atoms with van der Waals surface area (Å²) in [6, 6.07) is 10.6. The van der Waals surface area contributed by atoms with E-state index in [2.05, 4.69) is 31.7 Å². The molecule has 1 atom stereocenters. The molecule has 29 heavy (non-hydrogen) atoms. The number of nitrogens with one attached hydrogen (secondary N) is 2. The Morgan fingerprint density at radius 1 is 1.28 bits per heavy atom. The van der Waals surface area contributed by atoms with Crippen LogP contribution in [0.25, 0.3) is 11.3 Å². The van der Waals surface area contributed by atoms with Gasteiger partial charge in [-0.3, -0.25) is 4.98 Å². The second-order valence-corrected chi connectivity index (χ2v) is 6.76. The maximum Gasteiger partial charge on any atom is 0.263 e. The van der Waals surface area contributed by atoms with Crippen molar-refractivity contribution in [2.45, 2.75) is 18.9 Å². The summed E-state index contributed by atoms with van der Waals surface area (Å²) in [5, 5.41) is 25.6. The third kappa shape index (κ3) is 4.59. The smallest absolute Gasteiger partial charge is 0.263 e. The summed E-state index contributed by atoms with van der Waals surface area (Å²) in [6.45, 7) is 1.72. The zero-order valence-electron chi connectivity index (χ0n) is 15.7. The minimum Gasteiger partial charge on any atom is -0.508 e. The zero-order chi connectivity index (χ0) is 20.1. The van der Waals surface area contributed by atoms with Gasteiger partial charge in [0.2, 0.25) is 0 Å². The number of aromatic hydroxyl groups is 1. The molecule has 3 heterocycles. The monoisotopic (exact) mass is 388 g/mol. The van der Waals surface area contributed by atoms with Crippen LogP contribution in [0.1, 0.15) is 18.4 Å². The second kappa shape index (κ2) is 8.54. The van der Waals surface area contributed by atoms with E-state index in [-0.39, 0.29) is 11.6 Å². The van der Waals surface area contributed by atoms with Crippen LogP contribution < -0.4 is 15.4 Å². The maximum atomic E-state index is 9.72. The fourth-order valence-corrected chi connectivity index (χ4v) is 3.15. The van der Waals surface area contributed by atoms with E-state index in [1.165, 1.54) is 12.3 Å². The molecule has 0 spiro atoms. The number of rotatable bonds is 6. The Bertz CT molecular complexity index is 1040. The van der Waals surface area contributed by atoms with Crippen LogP contribution in [0.3, 0.4) is 0 Å². The SMILES string of the molecule is N#Cc1cncc(-c2cnc(NC[C@@H]3CCCN3)c(Oc3cccc(O)c3)n2)c1. The van der Waals surface area contributed by atoms with Crippen LogP contribution in [0.5, 0.6) is 17.4 Å². The quantitative estimate of drug-likeness (QED) is 0.590. The summed E-state index contributed by atoms with van der Waals surface area (Å²) in [5.41, 5.74) is 1.64. The molecule has 2 aromatic heterocycles. The molecule has 0 radical (unpaired) electrons. The minimum atomic E-state index is 0.0993. The van der Waals surface area contributed by atoms with Crippen LogP contribution in [-0.4, -0.2) is 39.2 Å². The molecule has 0 bridgehead atoms. The van der Waals surface area contributed by atoms with Crippen molar-refractivity contribution in [1.29, 1.82) is 5.26 Å². The van der Waals surface area contributed by atoms with Gasteiger partial charge in [-0.1, -0.05) is 6.07 Å². The average molecular weight is 388 g/mol. The van der Waals surface area contributed by atoms with E-state index < -0.39 is 0 Å². The van der Waals surface area contributed by atoms with E-state index in [1.54, 1.807) is 36.7 Å². The van der Waals surface area contributed by atoms with Crippen LogP contribution in [-0.2, 0) is 0 Å². The van der Waals surface area contributed by atoms with E-state index in [0.29, 0.717) is 41.0 Å². The number of phenols is 1. The van der Waals surface area contributed by atoms with Crippen molar-refractivity contribution in [3.63, 3.8) is 0 Å². The summed E-state index contributed by atoms with van der Waals surface area (Å²) in [6.07, 6.45) is 7.00. The van der Waals surface area contributed by atoms with E-state index in [9.17, 15) is 5.11 Å². The van der Waals surface area contributed by atoms with Crippen molar-refractivity contribution in [3.05, 3.63) is 54.5 Å². The first-order valence-corrected chi connectivity index (χ1v) is 9.38. The van der Waals surface area contributed by atoms with E-state index in [1.807, 2.05) is 0 Å². The molecule has 4 rings (SSSR count). The van der Waals surface area contributed by atoms with Crippen molar-refractivity contribution < 1.29 is 9.84 Å². The van der Waals surface area contributed by atoms with Gasteiger partial charge in [-0.25, -0.2) is 9.97 Å². The molecule has 1 saturated heterocycles. The van der Waals surface area contributed by atoms with E-state index in [0.717, 1.165) is 19.4 Å². The third-order valence-corrected chi connectivity index (χ3v) is 4.61. The van der Waals surface area contributed by atoms with Gasteiger partial charge in [0.05, 0.1) is 17.5 Å². The Kier molecular flexibility index (Phi) is 5.49.